The van der Waals surface area contributed by atoms with Gasteiger partial charge in [0.2, 0.25) is 0 Å². The number of imide groups is 2. The van der Waals surface area contributed by atoms with Gasteiger partial charge in [-0.05, 0) is 36.6 Å². The van der Waals surface area contributed by atoms with Crippen LogP contribution in [-0.4, -0.2) is 48.4 Å². The van der Waals surface area contributed by atoms with Crippen LogP contribution in [0.2, 0.25) is 0 Å². The van der Waals surface area contributed by atoms with E-state index in [0.717, 1.165) is 30.6 Å². The van der Waals surface area contributed by atoms with E-state index >= 15 is 0 Å². The van der Waals surface area contributed by atoms with E-state index in [4.69, 9.17) is 15.2 Å². The van der Waals surface area contributed by atoms with Gasteiger partial charge in [0.05, 0.1) is 7.11 Å². The van der Waals surface area contributed by atoms with Crippen molar-refractivity contribution in [3.05, 3.63) is 29.3 Å². The Hall–Kier alpha value is -3.36. The molecule has 1 heterocycles. The number of amides is 5. The topological polar surface area (TPSA) is 128 Å². The van der Waals surface area contributed by atoms with E-state index in [2.05, 4.69) is 5.32 Å². The van der Waals surface area contributed by atoms with Gasteiger partial charge in [-0.2, -0.15) is 0 Å². The molecule has 0 spiro atoms. The molecular formula is C19H21N3O6. The molecule has 1 aromatic carbocycles. The zero-order chi connectivity index (χ0) is 20.3. The summed E-state index contributed by atoms with van der Waals surface area (Å²) < 4.78 is 10.5. The zero-order valence-electron chi connectivity index (χ0n) is 15.4. The largest absolute Gasteiger partial charge is 0.493 e. The average molecular weight is 387 g/mol. The summed E-state index contributed by atoms with van der Waals surface area (Å²) in [7, 11) is 1.42. The fourth-order valence-electron chi connectivity index (χ4n) is 3.37. The summed E-state index contributed by atoms with van der Waals surface area (Å²) in [5.74, 6) is -1.37. The number of benzene rings is 1. The molecule has 28 heavy (non-hydrogen) atoms. The van der Waals surface area contributed by atoms with Crippen LogP contribution < -0.4 is 20.5 Å². The fraction of sp³-hybridized carbons (Fsp3) is 0.368. The van der Waals surface area contributed by atoms with Gasteiger partial charge in [-0.3, -0.25) is 24.6 Å². The number of primary amides is 1. The molecule has 3 rings (SSSR count). The highest BCUT2D eigenvalue weighted by atomic mass is 16.5. The van der Waals surface area contributed by atoms with Crippen molar-refractivity contribution in [2.24, 2.45) is 5.73 Å². The maximum absolute atomic E-state index is 12.8. The van der Waals surface area contributed by atoms with Gasteiger partial charge >= 0.3 is 6.03 Å². The van der Waals surface area contributed by atoms with Crippen LogP contribution in [0.25, 0.3) is 6.08 Å². The van der Waals surface area contributed by atoms with E-state index in [1.165, 1.54) is 13.2 Å². The maximum atomic E-state index is 12.8. The minimum atomic E-state index is -0.739. The van der Waals surface area contributed by atoms with E-state index in [-0.39, 0.29) is 18.2 Å². The van der Waals surface area contributed by atoms with Crippen LogP contribution in [-0.2, 0) is 14.4 Å². The molecule has 1 aliphatic carbocycles. The Morgan fingerprint density at radius 2 is 1.96 bits per heavy atom. The summed E-state index contributed by atoms with van der Waals surface area (Å²) in [6.07, 6.45) is 4.75. The fourth-order valence-corrected chi connectivity index (χ4v) is 3.37. The summed E-state index contributed by atoms with van der Waals surface area (Å²) in [6.45, 7) is -0.309. The van der Waals surface area contributed by atoms with Crippen LogP contribution in [0.1, 0.15) is 31.2 Å². The van der Waals surface area contributed by atoms with Crippen LogP contribution in [0.3, 0.4) is 0 Å². The summed E-state index contributed by atoms with van der Waals surface area (Å²) >= 11 is 0. The number of nitrogens with two attached hydrogens (primary N) is 1. The minimum Gasteiger partial charge on any atom is -0.493 e. The molecule has 2 aliphatic rings. The van der Waals surface area contributed by atoms with Crippen LogP contribution in [0.4, 0.5) is 4.79 Å². The van der Waals surface area contributed by atoms with Crippen LogP contribution >= 0.6 is 0 Å². The molecule has 5 amide bonds. The van der Waals surface area contributed by atoms with Gasteiger partial charge < -0.3 is 15.2 Å². The second-order valence-corrected chi connectivity index (χ2v) is 6.60. The lowest BCUT2D eigenvalue weighted by molar-refractivity contribution is -0.131. The first-order chi connectivity index (χ1) is 13.4. The molecule has 0 radical (unpaired) electrons. The van der Waals surface area contributed by atoms with Gasteiger partial charge in [-0.15, -0.1) is 0 Å². The molecule has 0 aromatic heterocycles. The van der Waals surface area contributed by atoms with Gasteiger partial charge in [0.1, 0.15) is 5.57 Å². The van der Waals surface area contributed by atoms with Gasteiger partial charge in [0.15, 0.2) is 18.1 Å². The highest BCUT2D eigenvalue weighted by molar-refractivity contribution is 6.31. The van der Waals surface area contributed by atoms with Crippen LogP contribution in [0, 0.1) is 0 Å². The Labute approximate surface area is 161 Å². The van der Waals surface area contributed by atoms with E-state index in [9.17, 15) is 19.2 Å². The van der Waals surface area contributed by atoms with Crippen LogP contribution in [0.15, 0.2) is 23.8 Å². The summed E-state index contributed by atoms with van der Waals surface area (Å²) in [5, 5.41) is 2.23. The summed E-state index contributed by atoms with van der Waals surface area (Å²) in [4.78, 5) is 49.2. The van der Waals surface area contributed by atoms with Crippen LogP contribution in [0.5, 0.6) is 11.5 Å². The van der Waals surface area contributed by atoms with E-state index in [1.807, 2.05) is 0 Å². The molecule has 148 valence electrons. The van der Waals surface area contributed by atoms with Crippen molar-refractivity contribution in [2.45, 2.75) is 31.7 Å². The summed E-state index contributed by atoms with van der Waals surface area (Å²) in [6, 6.07) is 3.83. The van der Waals surface area contributed by atoms with Crippen molar-refractivity contribution < 1.29 is 28.7 Å². The molecule has 1 aliphatic heterocycles. The van der Waals surface area contributed by atoms with Crippen molar-refractivity contribution in [3.63, 3.8) is 0 Å². The van der Waals surface area contributed by atoms with E-state index in [1.54, 1.807) is 18.2 Å². The number of urea groups is 1. The number of ether oxygens (including phenoxy) is 2. The Morgan fingerprint density at radius 1 is 1.25 bits per heavy atom. The van der Waals surface area contributed by atoms with Gasteiger partial charge in [0.25, 0.3) is 17.7 Å². The average Bonchev–Trinajstić information content (AvgIpc) is 3.17. The Morgan fingerprint density at radius 3 is 2.61 bits per heavy atom. The number of hydrogen-bond donors (Lipinski definition) is 2. The highest BCUT2D eigenvalue weighted by Gasteiger charge is 2.40. The molecule has 1 saturated heterocycles. The standard InChI is InChI=1S/C19H21N3O6/c1-27-15-9-11(6-7-14(15)28-10-16(20)23)8-13-17(24)21-19(26)22(18(13)25)12-4-2-3-5-12/h6-9,12H,2-5,10H2,1H3,(H2,20,23)(H,21,24,26)/b13-8+. The van der Waals surface area contributed by atoms with Crippen molar-refractivity contribution in [1.29, 1.82) is 0 Å². The number of carbonyl (C=O) groups is 4. The number of methoxy groups -OCH3 is 1. The predicted octanol–water partition coefficient (Wildman–Crippen LogP) is 0.964. The van der Waals surface area contributed by atoms with Crippen molar-refractivity contribution in [2.75, 3.05) is 13.7 Å². The van der Waals surface area contributed by atoms with Gasteiger partial charge in [0, 0.05) is 6.04 Å². The molecule has 1 saturated carbocycles. The third kappa shape index (κ3) is 3.98. The molecule has 1 aromatic rings. The molecule has 0 unspecified atom stereocenters. The highest BCUT2D eigenvalue weighted by Crippen LogP contribution is 2.30. The predicted molar refractivity (Wildman–Crippen MR) is 98.3 cm³/mol. The Bertz CT molecular complexity index is 857. The first-order valence-corrected chi connectivity index (χ1v) is 8.90. The molecule has 0 bridgehead atoms. The third-order valence-electron chi connectivity index (χ3n) is 4.69. The first kappa shape index (κ1) is 19.4. The van der Waals surface area contributed by atoms with Crippen molar-refractivity contribution in [3.8, 4) is 11.5 Å². The third-order valence-corrected chi connectivity index (χ3v) is 4.69. The summed E-state index contributed by atoms with van der Waals surface area (Å²) in [5.41, 5.74) is 5.44. The molecule has 3 N–H and O–H groups in total. The lowest BCUT2D eigenvalue weighted by Gasteiger charge is -2.31. The molecule has 9 nitrogen and oxygen atoms in total. The van der Waals surface area contributed by atoms with Gasteiger partial charge in [-0.25, -0.2) is 4.79 Å². The quantitative estimate of drug-likeness (QED) is 0.553. The first-order valence-electron chi connectivity index (χ1n) is 8.90. The number of carbonyl (C=O) groups excluding carboxylic acids is 4. The smallest absolute Gasteiger partial charge is 0.331 e. The second kappa shape index (κ2) is 8.12. The monoisotopic (exact) mass is 387 g/mol. The SMILES string of the molecule is COc1cc(/C=C2\C(=O)NC(=O)N(C3CCCC3)C2=O)ccc1OCC(N)=O. The lowest BCUT2D eigenvalue weighted by Crippen LogP contribution is -2.57. The number of nitrogens with zero attached hydrogens (tertiary/aromatic N) is 1. The molecule has 2 fully saturated rings. The number of rotatable bonds is 6. The normalized spacial score (nSPS) is 19.1. The van der Waals surface area contributed by atoms with Crippen molar-refractivity contribution in [1.82, 2.24) is 10.2 Å². The maximum Gasteiger partial charge on any atom is 0.331 e. The Balaban J connectivity index is 1.88. The minimum absolute atomic E-state index is 0.126. The number of barbiturate groups is 1. The lowest BCUT2D eigenvalue weighted by atomic mass is 10.0. The van der Waals surface area contributed by atoms with E-state index < -0.39 is 23.8 Å². The molecular weight excluding hydrogens is 366 g/mol. The van der Waals surface area contributed by atoms with Crippen molar-refractivity contribution >= 4 is 29.8 Å². The second-order valence-electron chi connectivity index (χ2n) is 6.60. The Kier molecular flexibility index (Phi) is 5.62. The number of nitrogens with one attached hydrogen (secondary N) is 1. The zero-order valence-corrected chi connectivity index (χ0v) is 15.4. The van der Waals surface area contributed by atoms with Gasteiger partial charge in [-0.1, -0.05) is 18.9 Å². The molecule has 0 atom stereocenters. The van der Waals surface area contributed by atoms with E-state index in [0.29, 0.717) is 17.1 Å². The number of hydrogen-bond acceptors (Lipinski definition) is 6. The molecule has 9 heteroatoms.